The van der Waals surface area contributed by atoms with E-state index in [4.69, 9.17) is 4.42 Å². The van der Waals surface area contributed by atoms with Crippen LogP contribution in [0.2, 0.25) is 0 Å². The molecule has 0 fully saturated rings. The third kappa shape index (κ3) is 3.94. The Labute approximate surface area is 356 Å². The van der Waals surface area contributed by atoms with Crippen LogP contribution in [0.15, 0.2) is 156 Å². The van der Waals surface area contributed by atoms with Gasteiger partial charge in [0.25, 0.3) is 0 Å². The summed E-state index contributed by atoms with van der Waals surface area (Å²) in [5.41, 5.74) is 23.5. The molecule has 0 unspecified atom stereocenters. The number of hydrogen-bond donors (Lipinski definition) is 0. The lowest BCUT2D eigenvalue weighted by Crippen LogP contribution is -2.62. The molecule has 14 rings (SSSR count). The minimum atomic E-state index is -0.495. The molecule has 0 N–H and O–H groups in total. The van der Waals surface area contributed by atoms with Crippen molar-refractivity contribution in [1.29, 1.82) is 0 Å². The van der Waals surface area contributed by atoms with Gasteiger partial charge in [-0.15, -0.1) is 0 Å². The number of para-hydroxylation sites is 3. The Hall–Kier alpha value is -6.78. The first-order chi connectivity index (χ1) is 29.5. The van der Waals surface area contributed by atoms with Gasteiger partial charge in [0.2, 0.25) is 0 Å². The van der Waals surface area contributed by atoms with E-state index in [1.54, 1.807) is 0 Å². The van der Waals surface area contributed by atoms with E-state index >= 15 is 0 Å². The van der Waals surface area contributed by atoms with Crippen molar-refractivity contribution in [1.82, 2.24) is 4.57 Å². The average Bonchev–Trinajstić information content (AvgIpc) is 3.90. The largest absolute Gasteiger partial charge is 0.456 e. The van der Waals surface area contributed by atoms with Crippen molar-refractivity contribution in [2.45, 2.75) is 57.8 Å². The minimum absolute atomic E-state index is 0.000800. The van der Waals surface area contributed by atoms with Gasteiger partial charge in [-0.25, -0.2) is 0 Å². The van der Waals surface area contributed by atoms with Crippen LogP contribution in [0.5, 0.6) is 0 Å². The van der Waals surface area contributed by atoms with Gasteiger partial charge in [0.1, 0.15) is 11.2 Å². The molecule has 0 atom stereocenters. The summed E-state index contributed by atoms with van der Waals surface area (Å²) in [6, 6.07) is 58.1. The quantitative estimate of drug-likeness (QED) is 0.143. The fourth-order valence-electron chi connectivity index (χ4n) is 12.2. The van der Waals surface area contributed by atoms with Crippen LogP contribution >= 0.6 is 0 Å². The van der Waals surface area contributed by atoms with Crippen molar-refractivity contribution in [2.24, 2.45) is 0 Å². The monoisotopic (exact) mass is 782 g/mol. The van der Waals surface area contributed by atoms with Crippen LogP contribution in [-0.2, 0) is 16.2 Å². The molecule has 10 aromatic rings. The third-order valence-corrected chi connectivity index (χ3v) is 14.8. The second-order valence-corrected chi connectivity index (χ2v) is 20.0. The smallest absolute Gasteiger partial charge is 0.333 e. The molecule has 8 aromatic carbocycles. The summed E-state index contributed by atoms with van der Waals surface area (Å²) in [5.74, 6) is 0. The van der Waals surface area contributed by atoms with Gasteiger partial charge < -0.3 is 13.8 Å². The summed E-state index contributed by atoms with van der Waals surface area (Å²) >= 11 is 0. The van der Waals surface area contributed by atoms with E-state index in [1.165, 1.54) is 111 Å². The molecule has 4 heteroatoms. The number of benzene rings is 8. The van der Waals surface area contributed by atoms with Gasteiger partial charge >= 0.3 is 6.85 Å². The maximum Gasteiger partial charge on any atom is 0.333 e. The fraction of sp³-hybridized carbons (Fsp3) is 0.158. The highest BCUT2D eigenvalue weighted by Gasteiger charge is 2.56. The Morgan fingerprint density at radius 2 is 1.13 bits per heavy atom. The molecule has 5 heterocycles. The van der Waals surface area contributed by atoms with Crippen LogP contribution in [0.3, 0.4) is 0 Å². The van der Waals surface area contributed by atoms with E-state index in [0.29, 0.717) is 0 Å². The SMILES string of the molecule is CC(C)(C)c1ccc2c(c1)c1cc(C(C)(C)C)cc3c1n2-c1c2c(cc4oc5ccccc5c14)-c1cccc4c1N(B23)c1ccccc1C41c2ccccc2-c2ccccc21. The van der Waals surface area contributed by atoms with E-state index < -0.39 is 5.41 Å². The van der Waals surface area contributed by atoms with Gasteiger partial charge in [0, 0.05) is 33.1 Å². The van der Waals surface area contributed by atoms with Crippen LogP contribution in [-0.4, -0.2) is 11.4 Å². The number of nitrogens with zero attached hydrogens (tertiary/aromatic N) is 2. The molecular weight excluding hydrogens is 739 g/mol. The van der Waals surface area contributed by atoms with Crippen molar-refractivity contribution in [3.8, 4) is 27.9 Å². The summed E-state index contributed by atoms with van der Waals surface area (Å²) in [6.07, 6.45) is 0. The number of fused-ring (bicyclic) bond motifs is 20. The summed E-state index contributed by atoms with van der Waals surface area (Å²) in [7, 11) is 0. The number of rotatable bonds is 0. The van der Waals surface area contributed by atoms with E-state index in [0.717, 1.165) is 16.6 Å². The second kappa shape index (κ2) is 10.9. The van der Waals surface area contributed by atoms with E-state index in [2.05, 4.69) is 203 Å². The Bertz CT molecular complexity index is 3600. The van der Waals surface area contributed by atoms with Crippen molar-refractivity contribution in [2.75, 3.05) is 4.81 Å². The van der Waals surface area contributed by atoms with E-state index in [-0.39, 0.29) is 17.7 Å². The zero-order valence-electron chi connectivity index (χ0n) is 35.3. The Morgan fingerprint density at radius 3 is 1.89 bits per heavy atom. The van der Waals surface area contributed by atoms with Crippen LogP contribution in [0.4, 0.5) is 11.4 Å². The molecule has 1 spiro atoms. The zero-order chi connectivity index (χ0) is 40.9. The molecule has 2 aromatic heterocycles. The van der Waals surface area contributed by atoms with Crippen molar-refractivity contribution < 1.29 is 4.42 Å². The lowest BCUT2D eigenvalue weighted by molar-refractivity contribution is 0.590. The molecule has 0 radical (unpaired) electrons. The molecule has 0 bridgehead atoms. The van der Waals surface area contributed by atoms with Crippen molar-refractivity contribution >= 4 is 72.9 Å². The second-order valence-electron chi connectivity index (χ2n) is 20.0. The first kappa shape index (κ1) is 34.0. The zero-order valence-corrected chi connectivity index (χ0v) is 35.3. The Morgan fingerprint density at radius 1 is 0.492 bits per heavy atom. The topological polar surface area (TPSA) is 21.3 Å². The molecule has 3 nitrogen and oxygen atoms in total. The Balaban J connectivity index is 1.22. The molecule has 4 aliphatic rings. The lowest BCUT2D eigenvalue weighted by Gasteiger charge is -2.51. The first-order valence-electron chi connectivity index (χ1n) is 21.9. The fourth-order valence-corrected chi connectivity index (χ4v) is 12.2. The maximum atomic E-state index is 6.95. The Kier molecular flexibility index (Phi) is 6.09. The first-order valence-corrected chi connectivity index (χ1v) is 21.9. The van der Waals surface area contributed by atoms with Crippen LogP contribution < -0.4 is 15.7 Å². The minimum Gasteiger partial charge on any atom is -0.456 e. The van der Waals surface area contributed by atoms with E-state index in [9.17, 15) is 0 Å². The standard InChI is InChI=1S/C57H43BN2O/c1-55(2,3)32-26-27-46-38(28-32)40-29-33(56(4,5)6)30-45-53(40)59(46)54-50-37-18-9-14-25-48(37)61-49(50)31-39-36-19-15-23-44-52(36)60(58(45)51(39)54)47-24-13-12-22-43(47)57(44)41-20-10-7-16-34(41)35-17-8-11-21-42(35)57/h7-31H,1-6H3. The molecule has 290 valence electrons. The highest BCUT2D eigenvalue weighted by atomic mass is 16.3. The predicted molar refractivity (Wildman–Crippen MR) is 255 cm³/mol. The molecule has 1 aliphatic carbocycles. The molecular formula is C57H43BN2O. The maximum absolute atomic E-state index is 6.95. The number of anilines is 2. The van der Waals surface area contributed by atoms with E-state index in [1.807, 2.05) is 0 Å². The van der Waals surface area contributed by atoms with Gasteiger partial charge in [0.15, 0.2) is 0 Å². The van der Waals surface area contributed by atoms with Crippen molar-refractivity contribution in [3.05, 3.63) is 185 Å². The summed E-state index contributed by atoms with van der Waals surface area (Å²) in [4.78, 5) is 2.76. The molecule has 61 heavy (non-hydrogen) atoms. The summed E-state index contributed by atoms with van der Waals surface area (Å²) < 4.78 is 9.58. The van der Waals surface area contributed by atoms with Crippen LogP contribution in [0.25, 0.3) is 71.7 Å². The van der Waals surface area contributed by atoms with Crippen molar-refractivity contribution in [3.63, 3.8) is 0 Å². The van der Waals surface area contributed by atoms with Gasteiger partial charge in [-0.3, -0.25) is 0 Å². The molecule has 3 aliphatic heterocycles. The number of furan rings is 1. The van der Waals surface area contributed by atoms with Gasteiger partial charge in [-0.2, -0.15) is 0 Å². The molecule has 0 saturated carbocycles. The highest BCUT2D eigenvalue weighted by molar-refractivity contribution is 6.94. The summed E-state index contributed by atoms with van der Waals surface area (Å²) in [5, 5.41) is 4.97. The normalized spacial score (nSPS) is 15.1. The molecule has 0 saturated heterocycles. The number of aromatic nitrogens is 1. The van der Waals surface area contributed by atoms with Gasteiger partial charge in [0.05, 0.1) is 27.5 Å². The van der Waals surface area contributed by atoms with Crippen LogP contribution in [0, 0.1) is 0 Å². The van der Waals surface area contributed by atoms with Gasteiger partial charge in [-0.05, 0) is 108 Å². The summed E-state index contributed by atoms with van der Waals surface area (Å²) in [6.45, 7) is 14.0. The van der Waals surface area contributed by atoms with Gasteiger partial charge in [-0.1, -0.05) is 157 Å². The predicted octanol–water partition coefficient (Wildman–Crippen LogP) is 13.2. The highest BCUT2D eigenvalue weighted by Crippen LogP contribution is 2.64. The van der Waals surface area contributed by atoms with Crippen LogP contribution in [0.1, 0.15) is 74.9 Å². The average molecular weight is 783 g/mol. The molecule has 0 amide bonds. The third-order valence-electron chi connectivity index (χ3n) is 14.8. The lowest BCUT2D eigenvalue weighted by atomic mass is 9.42. The number of hydrogen-bond acceptors (Lipinski definition) is 2.